The molecular formula is C30H37ClFN9O2. The molecule has 0 spiro atoms. The maximum absolute atomic E-state index is 14.7. The number of H-pyrrole nitrogens is 1. The highest BCUT2D eigenvalue weighted by molar-refractivity contribution is 6.33. The van der Waals surface area contributed by atoms with Gasteiger partial charge in [-0.05, 0) is 37.6 Å². The van der Waals surface area contributed by atoms with Gasteiger partial charge in [0, 0.05) is 68.8 Å². The number of rotatable bonds is 6. The summed E-state index contributed by atoms with van der Waals surface area (Å²) in [4.78, 5) is 32.7. The Morgan fingerprint density at radius 2 is 1.93 bits per heavy atom. The number of benzene rings is 1. The number of hydrogen-bond acceptors (Lipinski definition) is 9. The standard InChI is InChI=1S/C30H37ClFN9O2/c1-3-23(32)25-24(35-29(33)36-25)12-20-22(31)11-21-26-27(20)43-16-19(15-39-9-7-38(4-2)8-10-39)41(26)30(42)37-28(21)40-13-17-5-6-18(14-40)34-17/h3,11-12,17-19,34H,1,4-10,13-16H2,2H3,(H3,33,35,36)/b24-12-,25-23-. The second-order valence-corrected chi connectivity index (χ2v) is 12.3. The van der Waals surface area contributed by atoms with Crippen LogP contribution in [0.1, 0.15) is 31.4 Å². The smallest absolute Gasteiger partial charge is 0.350 e. The van der Waals surface area contributed by atoms with Crippen LogP contribution in [0.3, 0.4) is 0 Å². The molecule has 3 saturated heterocycles. The highest BCUT2D eigenvalue weighted by Gasteiger charge is 2.36. The van der Waals surface area contributed by atoms with E-state index in [4.69, 9.17) is 27.1 Å². The normalized spacial score (nSPS) is 25.3. The van der Waals surface area contributed by atoms with Gasteiger partial charge in [-0.25, -0.2) is 14.2 Å². The predicted molar refractivity (Wildman–Crippen MR) is 167 cm³/mol. The van der Waals surface area contributed by atoms with Crippen LogP contribution in [0.25, 0.3) is 22.8 Å². The molecule has 6 heterocycles. The molecule has 2 bridgehead atoms. The zero-order valence-electron chi connectivity index (χ0n) is 24.3. The topological polar surface area (TPSA) is 121 Å². The van der Waals surface area contributed by atoms with Crippen molar-refractivity contribution in [2.75, 3.05) is 69.6 Å². The number of anilines is 2. The van der Waals surface area contributed by atoms with E-state index in [1.54, 1.807) is 10.6 Å². The molecule has 2 aromatic heterocycles. The third-order valence-electron chi connectivity index (χ3n) is 9.26. The van der Waals surface area contributed by atoms with Gasteiger partial charge < -0.3 is 30.6 Å². The molecule has 13 heteroatoms. The molecule has 7 rings (SSSR count). The number of nitrogen functional groups attached to an aromatic ring is 1. The lowest BCUT2D eigenvalue weighted by atomic mass is 10.0. The summed E-state index contributed by atoms with van der Waals surface area (Å²) in [6, 6.07) is 2.35. The van der Waals surface area contributed by atoms with E-state index in [9.17, 15) is 9.18 Å². The number of ether oxygens (including phenoxy) is 1. The van der Waals surface area contributed by atoms with E-state index in [2.05, 4.69) is 43.5 Å². The number of imidazole rings is 1. The second kappa shape index (κ2) is 11.2. The second-order valence-electron chi connectivity index (χ2n) is 11.9. The minimum Gasteiger partial charge on any atom is -0.488 e. The summed E-state index contributed by atoms with van der Waals surface area (Å²) < 4.78 is 22.9. The third-order valence-corrected chi connectivity index (χ3v) is 9.57. The van der Waals surface area contributed by atoms with Crippen LogP contribution in [0.4, 0.5) is 16.2 Å². The monoisotopic (exact) mass is 609 g/mol. The van der Waals surface area contributed by atoms with Crippen molar-refractivity contribution in [2.24, 2.45) is 0 Å². The first-order chi connectivity index (χ1) is 20.8. The zero-order chi connectivity index (χ0) is 29.8. The maximum Gasteiger partial charge on any atom is 0.350 e. The van der Waals surface area contributed by atoms with Crippen molar-refractivity contribution in [2.45, 2.75) is 37.9 Å². The molecule has 3 atom stereocenters. The Labute approximate surface area is 253 Å². The van der Waals surface area contributed by atoms with E-state index in [0.717, 1.165) is 70.1 Å². The first-order valence-corrected chi connectivity index (χ1v) is 15.4. The number of aromatic amines is 1. The Kier molecular flexibility index (Phi) is 7.40. The van der Waals surface area contributed by atoms with Crippen LogP contribution in [-0.4, -0.2) is 100 Å². The lowest BCUT2D eigenvalue weighted by molar-refractivity contribution is 0.106. The minimum absolute atomic E-state index is 0.0277. The number of likely N-dealkylation sites (N-methyl/N-ethyl adjacent to an activating group) is 1. The van der Waals surface area contributed by atoms with Crippen LogP contribution >= 0.6 is 11.6 Å². The van der Waals surface area contributed by atoms with Crippen LogP contribution < -0.4 is 37.1 Å². The average molecular weight is 610 g/mol. The fraction of sp³-hybridized carbons (Fsp3) is 0.500. The summed E-state index contributed by atoms with van der Waals surface area (Å²) in [6.45, 7) is 13.1. The van der Waals surface area contributed by atoms with Gasteiger partial charge in [-0.3, -0.25) is 9.47 Å². The minimum atomic E-state index is -0.620. The van der Waals surface area contributed by atoms with Crippen LogP contribution in [0.15, 0.2) is 23.5 Å². The Balaban J connectivity index is 1.40. The van der Waals surface area contributed by atoms with Crippen molar-refractivity contribution in [3.63, 3.8) is 0 Å². The van der Waals surface area contributed by atoms with E-state index < -0.39 is 5.83 Å². The third kappa shape index (κ3) is 5.09. The predicted octanol–water partition coefficient (Wildman–Crippen LogP) is 0.959. The summed E-state index contributed by atoms with van der Waals surface area (Å²) in [5.74, 6) is 0.532. The lowest BCUT2D eigenvalue weighted by Gasteiger charge is -2.38. The van der Waals surface area contributed by atoms with Crippen molar-refractivity contribution in [3.8, 4) is 5.75 Å². The number of allylic oxidation sites excluding steroid dienone is 1. The largest absolute Gasteiger partial charge is 0.488 e. The first-order valence-electron chi connectivity index (χ1n) is 15.1. The van der Waals surface area contributed by atoms with Gasteiger partial charge in [0.2, 0.25) is 0 Å². The molecule has 4 aliphatic rings. The van der Waals surface area contributed by atoms with Crippen LogP contribution in [-0.2, 0) is 0 Å². The first kappa shape index (κ1) is 28.3. The van der Waals surface area contributed by atoms with Gasteiger partial charge in [-0.1, -0.05) is 25.1 Å². The Bertz CT molecular complexity index is 1750. The Morgan fingerprint density at radius 1 is 1.21 bits per heavy atom. The molecule has 4 N–H and O–H groups in total. The molecule has 43 heavy (non-hydrogen) atoms. The quantitative estimate of drug-likeness (QED) is 0.375. The lowest BCUT2D eigenvalue weighted by Crippen LogP contribution is -2.52. The van der Waals surface area contributed by atoms with E-state index in [1.165, 1.54) is 0 Å². The van der Waals surface area contributed by atoms with Crippen molar-refractivity contribution in [3.05, 3.63) is 50.5 Å². The zero-order valence-corrected chi connectivity index (χ0v) is 25.0. The van der Waals surface area contributed by atoms with Crippen molar-refractivity contribution in [1.29, 1.82) is 0 Å². The van der Waals surface area contributed by atoms with Gasteiger partial charge in [0.15, 0.2) is 17.5 Å². The van der Waals surface area contributed by atoms with Gasteiger partial charge in [0.1, 0.15) is 17.8 Å². The highest BCUT2D eigenvalue weighted by Crippen LogP contribution is 2.42. The van der Waals surface area contributed by atoms with Crippen molar-refractivity contribution >= 4 is 46.2 Å². The van der Waals surface area contributed by atoms with Gasteiger partial charge in [-0.15, -0.1) is 0 Å². The summed E-state index contributed by atoms with van der Waals surface area (Å²) in [5, 5.41) is 5.17. The van der Waals surface area contributed by atoms with Crippen LogP contribution in [0.2, 0.25) is 5.02 Å². The fourth-order valence-electron chi connectivity index (χ4n) is 7.08. The van der Waals surface area contributed by atoms with Crippen LogP contribution in [0.5, 0.6) is 5.75 Å². The Morgan fingerprint density at radius 3 is 2.63 bits per heavy atom. The molecule has 3 unspecified atom stereocenters. The van der Waals surface area contributed by atoms with Gasteiger partial charge in [0.05, 0.1) is 21.9 Å². The molecule has 0 aliphatic carbocycles. The molecule has 228 valence electrons. The van der Waals surface area contributed by atoms with Crippen molar-refractivity contribution < 1.29 is 9.13 Å². The molecule has 3 fully saturated rings. The number of nitrogens with zero attached hydrogens (tertiary/aromatic N) is 6. The summed E-state index contributed by atoms with van der Waals surface area (Å²) in [6.07, 6.45) is 4.96. The van der Waals surface area contributed by atoms with Gasteiger partial charge in [0.25, 0.3) is 0 Å². The number of piperazine rings is 2. The molecular weight excluding hydrogens is 573 g/mol. The van der Waals surface area contributed by atoms with E-state index >= 15 is 0 Å². The molecule has 4 aliphatic heterocycles. The van der Waals surface area contributed by atoms with Crippen molar-refractivity contribution in [1.82, 2.24) is 34.6 Å². The number of nitrogens with two attached hydrogens (primary N) is 1. The number of hydrogen-bond donors (Lipinski definition) is 3. The molecule has 0 saturated carbocycles. The van der Waals surface area contributed by atoms with Crippen LogP contribution in [0, 0.1) is 0 Å². The van der Waals surface area contributed by atoms with Gasteiger partial charge in [-0.2, -0.15) is 4.98 Å². The van der Waals surface area contributed by atoms with E-state index in [-0.39, 0.29) is 29.6 Å². The molecule has 1 aromatic carbocycles. The molecule has 0 radical (unpaired) electrons. The van der Waals surface area contributed by atoms with Gasteiger partial charge >= 0.3 is 5.69 Å². The van der Waals surface area contributed by atoms with E-state index in [1.807, 2.05) is 6.07 Å². The fourth-order valence-corrected chi connectivity index (χ4v) is 7.33. The number of fused-ring (bicyclic) bond motifs is 2. The Hall–Kier alpha value is -3.45. The average Bonchev–Trinajstić information content (AvgIpc) is 3.56. The van der Waals surface area contributed by atoms with E-state index in [0.29, 0.717) is 51.6 Å². The number of aromatic nitrogens is 4. The molecule has 0 amide bonds. The summed E-state index contributed by atoms with van der Waals surface area (Å²) >= 11 is 6.97. The number of nitrogens with one attached hydrogen (secondary N) is 2. The summed E-state index contributed by atoms with van der Waals surface area (Å²) in [5.41, 5.74) is 6.76. The highest BCUT2D eigenvalue weighted by atomic mass is 35.5. The molecule has 11 nitrogen and oxygen atoms in total. The SMILES string of the molecule is C=C/C(F)=c1/nc(N)[nH]/c1=C\c1c(Cl)cc2c(N3CC4CCC(C3)N4)nc(=O)n3c2c1OCC3CN1CCN(CC)CC1. The number of halogens is 2. The maximum atomic E-state index is 14.7. The molecule has 3 aromatic rings. The summed E-state index contributed by atoms with van der Waals surface area (Å²) in [7, 11) is 0.